The quantitative estimate of drug-likeness (QED) is 0.568. The summed E-state index contributed by atoms with van der Waals surface area (Å²) in [7, 11) is 0. The minimum absolute atomic E-state index is 0.0263. The van der Waals surface area contributed by atoms with Gasteiger partial charge in [-0.05, 0) is 48.4 Å². The van der Waals surface area contributed by atoms with E-state index < -0.39 is 18.0 Å². The van der Waals surface area contributed by atoms with E-state index in [4.69, 9.17) is 4.74 Å². The van der Waals surface area contributed by atoms with E-state index in [2.05, 4.69) is 29.6 Å². The zero-order valence-electron chi connectivity index (χ0n) is 20.4. The van der Waals surface area contributed by atoms with Crippen LogP contribution in [0.2, 0.25) is 0 Å². The third-order valence-electron chi connectivity index (χ3n) is 7.35. The van der Waals surface area contributed by atoms with Crippen molar-refractivity contribution in [1.29, 1.82) is 0 Å². The molecule has 2 aliphatic rings. The summed E-state index contributed by atoms with van der Waals surface area (Å²) in [6, 6.07) is 15.6. The fourth-order valence-electron chi connectivity index (χ4n) is 5.53. The highest BCUT2D eigenvalue weighted by molar-refractivity contribution is 5.81. The highest BCUT2D eigenvalue weighted by atomic mass is 16.5. The van der Waals surface area contributed by atoms with Crippen molar-refractivity contribution < 1.29 is 24.2 Å². The van der Waals surface area contributed by atoms with E-state index in [1.165, 1.54) is 11.1 Å². The number of rotatable bonds is 8. The number of piperidine rings is 1. The predicted molar refractivity (Wildman–Crippen MR) is 133 cm³/mol. The number of likely N-dealkylation sites (tertiary alicyclic amines) is 1. The summed E-state index contributed by atoms with van der Waals surface area (Å²) in [6.07, 6.45) is 2.29. The van der Waals surface area contributed by atoms with E-state index in [0.717, 1.165) is 17.5 Å². The van der Waals surface area contributed by atoms with Crippen molar-refractivity contribution in [3.63, 3.8) is 0 Å². The number of benzene rings is 2. The molecule has 1 fully saturated rings. The predicted octanol–water partition coefficient (Wildman–Crippen LogP) is 4.80. The highest BCUT2D eigenvalue weighted by Crippen LogP contribution is 2.44. The van der Waals surface area contributed by atoms with Crippen LogP contribution in [0.4, 0.5) is 4.79 Å². The lowest BCUT2D eigenvalue weighted by Crippen LogP contribution is -2.50. The molecule has 1 aliphatic carbocycles. The number of carboxylic acids is 1. The molecule has 35 heavy (non-hydrogen) atoms. The normalized spacial score (nSPS) is 20.0. The Kier molecular flexibility index (Phi) is 7.73. The van der Waals surface area contributed by atoms with Gasteiger partial charge >= 0.3 is 12.1 Å². The SMILES string of the molecule is CCC[C@@H](CC(=O)N1CCC[C@H](C(=O)O)[C@@H]1C)NC(=O)OCC1c2ccccc2-c2ccccc21. The molecular weight excluding hydrogens is 444 g/mol. The first-order chi connectivity index (χ1) is 16.9. The molecule has 0 radical (unpaired) electrons. The van der Waals surface area contributed by atoms with Crippen molar-refractivity contribution in [3.8, 4) is 11.1 Å². The van der Waals surface area contributed by atoms with E-state index in [-0.39, 0.29) is 36.9 Å². The van der Waals surface area contributed by atoms with Crippen molar-refractivity contribution in [1.82, 2.24) is 10.2 Å². The van der Waals surface area contributed by atoms with Crippen molar-refractivity contribution >= 4 is 18.0 Å². The van der Waals surface area contributed by atoms with Gasteiger partial charge in [0.15, 0.2) is 0 Å². The summed E-state index contributed by atoms with van der Waals surface area (Å²) in [6.45, 7) is 4.56. The molecule has 2 N–H and O–H groups in total. The summed E-state index contributed by atoms with van der Waals surface area (Å²) < 4.78 is 5.66. The minimum atomic E-state index is -0.864. The number of aliphatic carboxylic acids is 1. The van der Waals surface area contributed by atoms with Gasteiger partial charge in [0.1, 0.15) is 6.61 Å². The van der Waals surface area contributed by atoms with Gasteiger partial charge in [-0.25, -0.2) is 4.79 Å². The number of carbonyl (C=O) groups is 3. The number of fused-ring (bicyclic) bond motifs is 3. The van der Waals surface area contributed by atoms with Crippen LogP contribution in [-0.2, 0) is 14.3 Å². The number of nitrogens with one attached hydrogen (secondary N) is 1. The fraction of sp³-hybridized carbons (Fsp3) is 0.464. The van der Waals surface area contributed by atoms with E-state index in [0.29, 0.717) is 25.8 Å². The van der Waals surface area contributed by atoms with Gasteiger partial charge < -0.3 is 20.1 Å². The number of hydrogen-bond acceptors (Lipinski definition) is 4. The molecule has 1 heterocycles. The Morgan fingerprint density at radius 3 is 2.31 bits per heavy atom. The van der Waals surface area contributed by atoms with Gasteiger partial charge in [0.05, 0.1) is 5.92 Å². The van der Waals surface area contributed by atoms with Gasteiger partial charge in [0.2, 0.25) is 5.91 Å². The van der Waals surface area contributed by atoms with Gasteiger partial charge in [-0.1, -0.05) is 61.9 Å². The van der Waals surface area contributed by atoms with Crippen molar-refractivity contribution in [2.75, 3.05) is 13.2 Å². The lowest BCUT2D eigenvalue weighted by Gasteiger charge is -2.38. The lowest BCUT2D eigenvalue weighted by atomic mass is 9.90. The second-order valence-electron chi connectivity index (χ2n) is 9.57. The molecule has 7 heteroatoms. The monoisotopic (exact) mass is 478 g/mol. The average Bonchev–Trinajstić information content (AvgIpc) is 3.16. The van der Waals surface area contributed by atoms with Crippen molar-refractivity contribution in [2.24, 2.45) is 5.92 Å². The number of carboxylic acid groups (broad SMARTS) is 1. The Morgan fingerprint density at radius 2 is 1.71 bits per heavy atom. The van der Waals surface area contributed by atoms with Crippen LogP contribution in [0.3, 0.4) is 0 Å². The first kappa shape index (κ1) is 24.8. The molecule has 0 bridgehead atoms. The molecule has 2 aromatic carbocycles. The number of nitrogens with zero attached hydrogens (tertiary/aromatic N) is 1. The van der Waals surface area contributed by atoms with Crippen molar-refractivity contribution in [3.05, 3.63) is 59.7 Å². The standard InChI is InChI=1S/C28H34N2O5/c1-3-9-19(16-26(31)30-15-8-14-20(18(30)2)27(32)33)29-28(34)35-17-25-23-12-6-4-10-21(23)22-11-5-7-13-24(22)25/h4-7,10-13,18-20,25H,3,8-9,14-17H2,1-2H3,(H,29,34)(H,32,33)/t18-,19-,20-/m0/s1. The molecule has 0 unspecified atom stereocenters. The third kappa shape index (κ3) is 5.34. The molecule has 186 valence electrons. The first-order valence-corrected chi connectivity index (χ1v) is 12.5. The Bertz CT molecular complexity index is 1040. The van der Waals surface area contributed by atoms with Crippen LogP contribution in [0.5, 0.6) is 0 Å². The van der Waals surface area contributed by atoms with E-state index in [1.807, 2.05) is 31.2 Å². The molecule has 7 nitrogen and oxygen atoms in total. The molecule has 1 aliphatic heterocycles. The lowest BCUT2D eigenvalue weighted by molar-refractivity contribution is -0.149. The van der Waals surface area contributed by atoms with Gasteiger partial charge in [0.25, 0.3) is 0 Å². The number of alkyl carbamates (subject to hydrolysis) is 1. The van der Waals surface area contributed by atoms with Crippen LogP contribution in [0, 0.1) is 5.92 Å². The molecule has 0 saturated carbocycles. The van der Waals surface area contributed by atoms with Crippen LogP contribution < -0.4 is 5.32 Å². The van der Waals surface area contributed by atoms with Gasteiger partial charge in [-0.2, -0.15) is 0 Å². The zero-order valence-corrected chi connectivity index (χ0v) is 20.4. The van der Waals surface area contributed by atoms with Crippen LogP contribution in [0.25, 0.3) is 11.1 Å². The topological polar surface area (TPSA) is 95.9 Å². The first-order valence-electron chi connectivity index (χ1n) is 12.5. The zero-order chi connectivity index (χ0) is 24.9. The molecule has 1 saturated heterocycles. The summed E-state index contributed by atoms with van der Waals surface area (Å²) >= 11 is 0. The molecule has 0 spiro atoms. The summed E-state index contributed by atoms with van der Waals surface area (Å²) in [4.78, 5) is 38.9. The number of amides is 2. The molecule has 0 aromatic heterocycles. The molecule has 2 aromatic rings. The van der Waals surface area contributed by atoms with Gasteiger partial charge in [0, 0.05) is 31.0 Å². The number of hydrogen-bond donors (Lipinski definition) is 2. The number of ether oxygens (including phenoxy) is 1. The Morgan fingerprint density at radius 1 is 1.09 bits per heavy atom. The second kappa shape index (κ2) is 10.9. The Balaban J connectivity index is 1.36. The van der Waals surface area contributed by atoms with Gasteiger partial charge in [-0.15, -0.1) is 0 Å². The van der Waals surface area contributed by atoms with E-state index in [1.54, 1.807) is 11.8 Å². The van der Waals surface area contributed by atoms with E-state index in [9.17, 15) is 19.5 Å². The molecule has 2 amide bonds. The Hall–Kier alpha value is -3.35. The summed E-state index contributed by atoms with van der Waals surface area (Å²) in [5, 5.41) is 12.3. The smallest absolute Gasteiger partial charge is 0.407 e. The van der Waals surface area contributed by atoms with E-state index >= 15 is 0 Å². The maximum Gasteiger partial charge on any atom is 0.407 e. The molecular formula is C28H34N2O5. The average molecular weight is 479 g/mol. The number of carbonyl (C=O) groups excluding carboxylic acids is 2. The van der Waals surface area contributed by atoms with Crippen LogP contribution in [0.1, 0.15) is 63.0 Å². The second-order valence-corrected chi connectivity index (χ2v) is 9.57. The molecule has 4 rings (SSSR count). The largest absolute Gasteiger partial charge is 0.481 e. The molecule has 3 atom stereocenters. The third-order valence-corrected chi connectivity index (χ3v) is 7.35. The summed E-state index contributed by atoms with van der Waals surface area (Å²) in [5.41, 5.74) is 4.63. The van der Waals surface area contributed by atoms with Crippen LogP contribution in [-0.4, -0.2) is 53.2 Å². The van der Waals surface area contributed by atoms with Gasteiger partial charge in [-0.3, -0.25) is 9.59 Å². The van der Waals surface area contributed by atoms with Crippen LogP contribution >= 0.6 is 0 Å². The van der Waals surface area contributed by atoms with Crippen LogP contribution in [0.15, 0.2) is 48.5 Å². The highest BCUT2D eigenvalue weighted by Gasteiger charge is 2.36. The minimum Gasteiger partial charge on any atom is -0.481 e. The fourth-order valence-corrected chi connectivity index (χ4v) is 5.53. The summed E-state index contributed by atoms with van der Waals surface area (Å²) in [5.74, 6) is -1.56. The maximum absolute atomic E-state index is 13.0. The van der Waals surface area contributed by atoms with Crippen molar-refractivity contribution in [2.45, 2.75) is 64.0 Å². The maximum atomic E-state index is 13.0. The Labute approximate surface area is 206 Å².